The maximum atomic E-state index is 9.41. The van der Waals surface area contributed by atoms with Gasteiger partial charge < -0.3 is 9.84 Å². The SMILES string of the molecule is CC1=[C-]C(C)C(C)=C1C.COc1cc(O)cc(C(C)(C)C)c1.Cl.Cl.[CH2]=[Ti].[c-]1ccccc1.[c-]1ccccc1. The zero-order valence-corrected chi connectivity index (χ0v) is 27.2. The Morgan fingerprint density at radius 1 is 0.816 bits per heavy atom. The number of benzene rings is 3. The van der Waals surface area contributed by atoms with E-state index in [-0.39, 0.29) is 36.0 Å². The van der Waals surface area contributed by atoms with Crippen LogP contribution in [-0.2, 0) is 25.4 Å². The van der Waals surface area contributed by atoms with Crippen molar-refractivity contribution in [3.8, 4) is 11.5 Å². The van der Waals surface area contributed by atoms with Gasteiger partial charge in [0.1, 0.15) is 11.5 Å². The van der Waals surface area contributed by atoms with E-state index in [1.165, 1.54) is 16.7 Å². The largest absolute Gasteiger partial charge is 0.184 e. The number of methoxy groups -OCH3 is 1. The standard InChI is InChI=1S/C11H16O2.C9H13.2C6H5.CH2.2ClH.Ti/c1-11(2,3)8-5-9(12)7-10(6-8)13-4;1-6-5-7(2)9(4)8(6)3;2*1-2-4-6-5-3-1;;;;/h5-7,12H,1-4H3;6H,1-4H3;2*1-5H;1H2;2*1H;/q;3*-1;;;;. The molecule has 1 N–H and O–H groups in total. The van der Waals surface area contributed by atoms with Gasteiger partial charge in [-0.2, -0.15) is 83.9 Å². The van der Waals surface area contributed by atoms with Gasteiger partial charge in [0.15, 0.2) is 0 Å². The van der Waals surface area contributed by atoms with E-state index in [1.54, 1.807) is 39.2 Å². The molecular formula is C33H43Cl2O2Ti-3. The van der Waals surface area contributed by atoms with Crippen LogP contribution < -0.4 is 4.74 Å². The minimum Gasteiger partial charge on any atom is -0.184 e. The molecule has 0 saturated heterocycles. The molecule has 0 heterocycles. The Kier molecular flexibility index (Phi) is 24.3. The summed E-state index contributed by atoms with van der Waals surface area (Å²) >= 11 is 1.75. The minimum absolute atomic E-state index is 0. The summed E-state index contributed by atoms with van der Waals surface area (Å²) in [5, 5.41) is 9.41. The quantitative estimate of drug-likeness (QED) is 0.226. The average Bonchev–Trinajstić information content (AvgIpc) is 3.12. The Balaban J connectivity index is -0.000000432. The summed E-state index contributed by atoms with van der Waals surface area (Å²) in [6, 6.07) is 30.3. The molecule has 0 aromatic heterocycles. The van der Waals surface area contributed by atoms with Crippen molar-refractivity contribution in [3.05, 3.63) is 119 Å². The van der Waals surface area contributed by atoms with Crippen LogP contribution in [0.3, 0.4) is 0 Å². The molecule has 38 heavy (non-hydrogen) atoms. The van der Waals surface area contributed by atoms with Gasteiger partial charge in [0.25, 0.3) is 0 Å². The minimum atomic E-state index is 0. The van der Waals surface area contributed by atoms with Gasteiger partial charge in [0.2, 0.25) is 0 Å². The Hall–Kier alpha value is -2.10. The van der Waals surface area contributed by atoms with E-state index in [9.17, 15) is 5.11 Å². The summed E-state index contributed by atoms with van der Waals surface area (Å²) < 4.78 is 5.07. The number of ether oxygens (including phenoxy) is 1. The van der Waals surface area contributed by atoms with Crippen molar-refractivity contribution in [2.24, 2.45) is 5.92 Å². The summed E-state index contributed by atoms with van der Waals surface area (Å²) in [5.41, 5.74) is 5.35. The fourth-order valence-electron chi connectivity index (χ4n) is 2.98. The number of aromatic hydroxyl groups is 1. The van der Waals surface area contributed by atoms with Gasteiger partial charge in [-0.05, 0) is 23.1 Å². The number of hydrogen-bond donors (Lipinski definition) is 1. The maximum Gasteiger partial charge on any atom is -0.171 e. The Bertz CT molecular complexity index is 959. The van der Waals surface area contributed by atoms with Crippen molar-refractivity contribution in [2.45, 2.75) is 53.9 Å². The predicted octanol–water partition coefficient (Wildman–Crippen LogP) is 9.20. The third kappa shape index (κ3) is 17.4. The van der Waals surface area contributed by atoms with E-state index < -0.39 is 0 Å². The molecule has 1 unspecified atom stereocenters. The number of phenols is 1. The second kappa shape index (κ2) is 22.8. The average molecular weight is 590 g/mol. The zero-order chi connectivity index (χ0) is 27.6. The molecule has 0 bridgehead atoms. The molecule has 3 aromatic rings. The Morgan fingerprint density at radius 3 is 1.47 bits per heavy atom. The summed E-state index contributed by atoms with van der Waals surface area (Å²) in [6.07, 6.45) is 3.36. The van der Waals surface area contributed by atoms with E-state index in [0.29, 0.717) is 11.7 Å². The number of hydrogen-bond acceptors (Lipinski definition) is 2. The normalized spacial score (nSPS) is 12.9. The number of halogens is 2. The first-order chi connectivity index (χ1) is 17.1. The molecule has 4 rings (SSSR count). The third-order valence-electron chi connectivity index (χ3n) is 5.44. The molecular weight excluding hydrogens is 547 g/mol. The van der Waals surface area contributed by atoms with Crippen molar-refractivity contribution in [2.75, 3.05) is 7.11 Å². The number of allylic oxidation sites excluding steroid dienone is 4. The van der Waals surface area contributed by atoms with Gasteiger partial charge >= 0.3 is 24.8 Å². The van der Waals surface area contributed by atoms with Crippen LogP contribution in [0.15, 0.2) is 95.6 Å². The molecule has 1 aliphatic rings. The van der Waals surface area contributed by atoms with Crippen LogP contribution >= 0.6 is 24.8 Å². The van der Waals surface area contributed by atoms with E-state index in [0.717, 1.165) is 5.56 Å². The smallest absolute Gasteiger partial charge is 0.171 e. The van der Waals surface area contributed by atoms with E-state index >= 15 is 0 Å². The molecule has 0 amide bonds. The molecule has 1 atom stereocenters. The molecule has 0 spiro atoms. The van der Waals surface area contributed by atoms with Crippen LogP contribution in [-0.4, -0.2) is 17.0 Å². The first-order valence-corrected chi connectivity index (χ1v) is 13.0. The van der Waals surface area contributed by atoms with Gasteiger partial charge in [0, 0.05) is 6.07 Å². The van der Waals surface area contributed by atoms with Crippen molar-refractivity contribution >= 4 is 29.6 Å². The fraction of sp³-hybridized carbons (Fsp3) is 0.303. The summed E-state index contributed by atoms with van der Waals surface area (Å²) in [6.45, 7) is 15.0. The van der Waals surface area contributed by atoms with Crippen LogP contribution in [0.5, 0.6) is 11.5 Å². The van der Waals surface area contributed by atoms with E-state index in [1.807, 2.05) is 66.7 Å². The summed E-state index contributed by atoms with van der Waals surface area (Å²) in [5.74, 6) is 1.51. The van der Waals surface area contributed by atoms with Crippen LogP contribution in [0.25, 0.3) is 0 Å². The van der Waals surface area contributed by atoms with Gasteiger partial charge in [-0.15, -0.1) is 31.7 Å². The van der Waals surface area contributed by atoms with Gasteiger partial charge in [-0.1, -0.05) is 47.5 Å². The molecule has 0 aliphatic heterocycles. The van der Waals surface area contributed by atoms with Gasteiger partial charge in [0.05, 0.1) is 7.11 Å². The van der Waals surface area contributed by atoms with Crippen molar-refractivity contribution < 1.29 is 29.8 Å². The summed E-state index contributed by atoms with van der Waals surface area (Å²) in [4.78, 5) is 3.25. The Morgan fingerprint density at radius 2 is 1.26 bits per heavy atom. The van der Waals surface area contributed by atoms with Gasteiger partial charge in [-0.3, -0.25) is 6.08 Å². The van der Waals surface area contributed by atoms with Crippen LogP contribution in [0.1, 0.15) is 54.0 Å². The third-order valence-corrected chi connectivity index (χ3v) is 5.44. The van der Waals surface area contributed by atoms with Crippen molar-refractivity contribution in [1.29, 1.82) is 0 Å². The predicted molar refractivity (Wildman–Crippen MR) is 165 cm³/mol. The molecule has 0 radical (unpaired) electrons. The maximum absolute atomic E-state index is 9.41. The van der Waals surface area contributed by atoms with Crippen LogP contribution in [0.2, 0.25) is 0 Å². The van der Waals surface area contributed by atoms with E-state index in [2.05, 4.69) is 71.5 Å². The second-order valence-electron chi connectivity index (χ2n) is 9.12. The molecule has 2 nitrogen and oxygen atoms in total. The molecule has 0 fully saturated rings. The summed E-state index contributed by atoms with van der Waals surface area (Å²) in [7, 11) is 1.60. The first kappa shape index (κ1) is 40.4. The molecule has 3 aromatic carbocycles. The van der Waals surface area contributed by atoms with E-state index in [4.69, 9.17) is 4.74 Å². The Labute approximate surface area is 256 Å². The number of phenolic OH excluding ortho intramolecular Hbond substituents is 1. The van der Waals surface area contributed by atoms with Crippen LogP contribution in [0.4, 0.5) is 0 Å². The number of rotatable bonds is 1. The molecule has 5 heteroatoms. The molecule has 0 saturated carbocycles. The van der Waals surface area contributed by atoms with Crippen molar-refractivity contribution in [3.63, 3.8) is 0 Å². The monoisotopic (exact) mass is 589 g/mol. The molecule has 1 aliphatic carbocycles. The van der Waals surface area contributed by atoms with Crippen LogP contribution in [0, 0.1) is 24.1 Å². The van der Waals surface area contributed by atoms with Crippen molar-refractivity contribution in [1.82, 2.24) is 0 Å². The fourth-order valence-corrected chi connectivity index (χ4v) is 2.98. The molecule has 208 valence electrons. The first-order valence-electron chi connectivity index (χ1n) is 11.9. The topological polar surface area (TPSA) is 29.5 Å². The second-order valence-corrected chi connectivity index (χ2v) is 9.12. The zero-order valence-electron chi connectivity index (χ0n) is 24.0. The van der Waals surface area contributed by atoms with Gasteiger partial charge in [-0.25, -0.2) is 5.57 Å².